The molecule has 0 unspecified atom stereocenters. The number of aryl methyl sites for hydroxylation is 1. The Labute approximate surface area is 190 Å². The number of hydrogen-bond donors (Lipinski definition) is 1. The largest absolute Gasteiger partial charge is 0.351 e. The monoisotopic (exact) mass is 446 g/mol. The van der Waals surface area contributed by atoms with Crippen LogP contribution in [0.3, 0.4) is 0 Å². The van der Waals surface area contributed by atoms with Gasteiger partial charge in [-0.3, -0.25) is 4.98 Å². The van der Waals surface area contributed by atoms with Gasteiger partial charge in [0.15, 0.2) is 5.11 Å². The van der Waals surface area contributed by atoms with Crippen molar-refractivity contribution in [2.45, 2.75) is 19.0 Å². The van der Waals surface area contributed by atoms with Crippen LogP contribution in [-0.4, -0.2) is 14.7 Å². The Morgan fingerprint density at radius 1 is 0.938 bits per heavy atom. The maximum atomic E-state index is 14.7. The molecule has 1 aliphatic heterocycles. The summed E-state index contributed by atoms with van der Waals surface area (Å²) >= 11 is 5.72. The van der Waals surface area contributed by atoms with E-state index in [-0.39, 0.29) is 23.7 Å². The van der Waals surface area contributed by atoms with Crippen molar-refractivity contribution in [2.24, 2.45) is 0 Å². The molecule has 5 rings (SSSR count). The van der Waals surface area contributed by atoms with E-state index in [0.29, 0.717) is 16.4 Å². The number of thiocarbonyl (C=S) groups is 1. The Bertz CT molecular complexity index is 1290. The first kappa shape index (κ1) is 20.3. The number of rotatable bonds is 4. The van der Waals surface area contributed by atoms with Crippen molar-refractivity contribution in [3.63, 3.8) is 0 Å². The minimum atomic E-state index is -0.336. The number of hydrogen-bond acceptors (Lipinski definition) is 2. The van der Waals surface area contributed by atoms with E-state index in [1.54, 1.807) is 43.5 Å². The van der Waals surface area contributed by atoms with Crippen LogP contribution in [-0.2, 0) is 0 Å². The number of pyridine rings is 1. The van der Waals surface area contributed by atoms with Crippen LogP contribution in [0, 0.1) is 18.6 Å². The summed E-state index contributed by atoms with van der Waals surface area (Å²) in [7, 11) is 0. The van der Waals surface area contributed by atoms with E-state index in [0.717, 1.165) is 17.1 Å². The van der Waals surface area contributed by atoms with Gasteiger partial charge in [-0.1, -0.05) is 18.2 Å². The van der Waals surface area contributed by atoms with Crippen LogP contribution in [0.15, 0.2) is 85.2 Å². The highest BCUT2D eigenvalue weighted by Crippen LogP contribution is 2.42. The van der Waals surface area contributed by atoms with Gasteiger partial charge in [0.1, 0.15) is 17.7 Å². The number of para-hydroxylation sites is 1. The van der Waals surface area contributed by atoms with Gasteiger partial charge in [0, 0.05) is 23.8 Å². The van der Waals surface area contributed by atoms with Gasteiger partial charge < -0.3 is 14.8 Å². The summed E-state index contributed by atoms with van der Waals surface area (Å²) in [6, 6.07) is 20.5. The lowest BCUT2D eigenvalue weighted by atomic mass is 10.0. The second-order valence-electron chi connectivity index (χ2n) is 7.68. The van der Waals surface area contributed by atoms with Gasteiger partial charge >= 0.3 is 0 Å². The molecule has 4 nitrogen and oxygen atoms in total. The highest BCUT2D eigenvalue weighted by atomic mass is 32.1. The molecule has 0 saturated carbocycles. The molecule has 2 atom stereocenters. The summed E-state index contributed by atoms with van der Waals surface area (Å²) < 4.78 is 30.5. The molecular weight excluding hydrogens is 426 g/mol. The summed E-state index contributed by atoms with van der Waals surface area (Å²) in [4.78, 5) is 6.50. The number of nitrogens with zero attached hydrogens (tertiary/aromatic N) is 3. The maximum absolute atomic E-state index is 14.7. The molecule has 1 saturated heterocycles. The molecule has 1 N–H and O–H groups in total. The molecular formula is C25H20F2N4S. The first-order valence-corrected chi connectivity index (χ1v) is 10.6. The van der Waals surface area contributed by atoms with Crippen molar-refractivity contribution in [3.05, 3.63) is 114 Å². The third kappa shape index (κ3) is 3.44. The molecule has 7 heteroatoms. The van der Waals surface area contributed by atoms with E-state index in [2.05, 4.69) is 10.3 Å². The van der Waals surface area contributed by atoms with E-state index in [1.165, 1.54) is 12.1 Å². The molecule has 0 spiro atoms. The van der Waals surface area contributed by atoms with Crippen molar-refractivity contribution in [1.29, 1.82) is 0 Å². The average molecular weight is 447 g/mol. The highest BCUT2D eigenvalue weighted by molar-refractivity contribution is 7.80. The molecule has 160 valence electrons. The molecule has 3 heterocycles. The minimum Gasteiger partial charge on any atom is -0.351 e. The minimum absolute atomic E-state index is 0.278. The van der Waals surface area contributed by atoms with Crippen LogP contribution in [0.5, 0.6) is 0 Å². The van der Waals surface area contributed by atoms with Crippen LogP contribution in [0.25, 0.3) is 5.69 Å². The van der Waals surface area contributed by atoms with Gasteiger partial charge in [0.05, 0.1) is 17.4 Å². The van der Waals surface area contributed by atoms with Gasteiger partial charge in [-0.05, 0) is 79.3 Å². The summed E-state index contributed by atoms with van der Waals surface area (Å²) in [6.45, 7) is 1.72. The SMILES string of the molecule is Cc1cc(N2C(=S)N[C@H](c3ccccn3)[C@H]2c2cccn2-c2ccccc2F)ccc1F. The predicted octanol–water partition coefficient (Wildman–Crippen LogP) is 5.64. The molecule has 2 aromatic carbocycles. The van der Waals surface area contributed by atoms with Crippen LogP contribution in [0.1, 0.15) is 29.0 Å². The fraction of sp³-hybridized carbons (Fsp3) is 0.120. The Kier molecular flexibility index (Phi) is 5.19. The van der Waals surface area contributed by atoms with Gasteiger partial charge in [-0.2, -0.15) is 0 Å². The Morgan fingerprint density at radius 3 is 2.50 bits per heavy atom. The first-order chi connectivity index (χ1) is 15.5. The lowest BCUT2D eigenvalue weighted by Gasteiger charge is -2.29. The zero-order valence-corrected chi connectivity index (χ0v) is 18.1. The average Bonchev–Trinajstić information content (AvgIpc) is 3.41. The predicted molar refractivity (Wildman–Crippen MR) is 125 cm³/mol. The third-order valence-electron chi connectivity index (χ3n) is 5.71. The molecule has 0 amide bonds. The highest BCUT2D eigenvalue weighted by Gasteiger charge is 2.42. The van der Waals surface area contributed by atoms with E-state index in [4.69, 9.17) is 12.2 Å². The van der Waals surface area contributed by atoms with E-state index in [1.807, 2.05) is 46.0 Å². The molecule has 0 radical (unpaired) electrons. The van der Waals surface area contributed by atoms with Crippen molar-refractivity contribution in [3.8, 4) is 5.69 Å². The number of benzene rings is 2. The fourth-order valence-corrected chi connectivity index (χ4v) is 4.56. The van der Waals surface area contributed by atoms with E-state index >= 15 is 0 Å². The second kappa shape index (κ2) is 8.16. The van der Waals surface area contributed by atoms with Crippen LogP contribution >= 0.6 is 12.2 Å². The van der Waals surface area contributed by atoms with Crippen molar-refractivity contribution in [2.75, 3.05) is 4.90 Å². The number of aromatic nitrogens is 2. The maximum Gasteiger partial charge on any atom is 0.174 e. The zero-order chi connectivity index (χ0) is 22.2. The number of halogens is 2. The summed E-state index contributed by atoms with van der Waals surface area (Å²) in [6.07, 6.45) is 3.57. The summed E-state index contributed by atoms with van der Waals surface area (Å²) in [5, 5.41) is 3.88. The topological polar surface area (TPSA) is 33.1 Å². The number of anilines is 1. The quantitative estimate of drug-likeness (QED) is 0.412. The summed E-state index contributed by atoms with van der Waals surface area (Å²) in [5.74, 6) is -0.601. The third-order valence-corrected chi connectivity index (χ3v) is 6.03. The van der Waals surface area contributed by atoms with Gasteiger partial charge in [0.25, 0.3) is 0 Å². The molecule has 2 aromatic heterocycles. The summed E-state index contributed by atoms with van der Waals surface area (Å²) in [5.41, 5.74) is 3.36. The van der Waals surface area contributed by atoms with Gasteiger partial charge in [-0.15, -0.1) is 0 Å². The smallest absolute Gasteiger partial charge is 0.174 e. The molecule has 1 aliphatic rings. The molecule has 0 aliphatic carbocycles. The second-order valence-corrected chi connectivity index (χ2v) is 8.07. The van der Waals surface area contributed by atoms with E-state index < -0.39 is 0 Å². The Balaban J connectivity index is 1.69. The van der Waals surface area contributed by atoms with Crippen LogP contribution in [0.2, 0.25) is 0 Å². The van der Waals surface area contributed by atoms with Crippen molar-refractivity contribution >= 4 is 23.0 Å². The first-order valence-electron chi connectivity index (χ1n) is 10.2. The molecule has 0 bridgehead atoms. The van der Waals surface area contributed by atoms with Gasteiger partial charge in [-0.25, -0.2) is 8.78 Å². The van der Waals surface area contributed by atoms with E-state index in [9.17, 15) is 8.78 Å². The van der Waals surface area contributed by atoms with Crippen molar-refractivity contribution < 1.29 is 8.78 Å². The fourth-order valence-electron chi connectivity index (χ4n) is 4.21. The van der Waals surface area contributed by atoms with Crippen LogP contribution in [0.4, 0.5) is 14.5 Å². The molecule has 4 aromatic rings. The standard InChI is InChI=1S/C25H20F2N4S/c1-16-15-17(11-12-18(16)26)31-24(23(29-25(31)32)20-8-4-5-13-28-20)22-10-6-14-30(22)21-9-3-2-7-19(21)27/h2-15,23-24H,1H3,(H,29,32)/t23-,24-/m1/s1. The van der Waals surface area contributed by atoms with Crippen LogP contribution < -0.4 is 10.2 Å². The van der Waals surface area contributed by atoms with Gasteiger partial charge in [0.2, 0.25) is 0 Å². The lowest BCUT2D eigenvalue weighted by Crippen LogP contribution is -2.30. The lowest BCUT2D eigenvalue weighted by molar-refractivity contribution is 0.544. The molecule has 32 heavy (non-hydrogen) atoms. The van der Waals surface area contributed by atoms with Crippen molar-refractivity contribution in [1.82, 2.24) is 14.9 Å². The molecule has 1 fully saturated rings. The Morgan fingerprint density at radius 2 is 1.75 bits per heavy atom. The number of nitrogens with one attached hydrogen (secondary N) is 1. The Hall–Kier alpha value is -3.58. The normalized spacial score (nSPS) is 18.1. The zero-order valence-electron chi connectivity index (χ0n) is 17.2.